The second-order valence-corrected chi connectivity index (χ2v) is 7.87. The van der Waals surface area contributed by atoms with Gasteiger partial charge in [0.2, 0.25) is 5.91 Å². The van der Waals surface area contributed by atoms with Gasteiger partial charge in [-0.05, 0) is 69.1 Å². The third-order valence-electron chi connectivity index (χ3n) is 6.34. The van der Waals surface area contributed by atoms with Crippen molar-refractivity contribution in [2.75, 3.05) is 0 Å². The van der Waals surface area contributed by atoms with E-state index in [0.29, 0.717) is 12.8 Å². The Morgan fingerprint density at radius 1 is 0.900 bits per heavy atom. The normalized spacial score (nSPS) is 48.7. The lowest BCUT2D eigenvalue weighted by atomic mass is 9.49. The largest absolute Gasteiger partial charge is 0.481 e. The van der Waals surface area contributed by atoms with Crippen molar-refractivity contribution in [2.24, 2.45) is 29.1 Å². The first-order chi connectivity index (χ1) is 9.54. The van der Waals surface area contributed by atoms with E-state index in [-0.39, 0.29) is 23.3 Å². The van der Waals surface area contributed by atoms with Gasteiger partial charge in [-0.15, -0.1) is 0 Å². The van der Waals surface area contributed by atoms with Crippen molar-refractivity contribution in [1.29, 1.82) is 0 Å². The monoisotopic (exact) mass is 277 g/mol. The molecule has 5 aliphatic rings. The number of rotatable bonds is 3. The SMILES string of the molecule is O=C(O)C1CC(NC(=O)C23CC4CC(CC(C4)C2)C3)C1. The van der Waals surface area contributed by atoms with Crippen LogP contribution < -0.4 is 5.32 Å². The van der Waals surface area contributed by atoms with Crippen LogP contribution in [-0.2, 0) is 9.59 Å². The lowest BCUT2D eigenvalue weighted by Crippen LogP contribution is -2.57. The van der Waals surface area contributed by atoms with E-state index in [9.17, 15) is 9.59 Å². The summed E-state index contributed by atoms with van der Waals surface area (Å²) in [5.41, 5.74) is -0.0942. The molecular formula is C16H23NO3. The fourth-order valence-electron chi connectivity index (χ4n) is 5.66. The van der Waals surface area contributed by atoms with Gasteiger partial charge < -0.3 is 10.4 Å². The van der Waals surface area contributed by atoms with E-state index in [1.54, 1.807) is 0 Å². The molecule has 0 aromatic heterocycles. The van der Waals surface area contributed by atoms with E-state index in [4.69, 9.17) is 5.11 Å². The molecule has 4 heteroatoms. The summed E-state index contributed by atoms with van der Waals surface area (Å²) in [6.07, 6.45) is 8.52. The zero-order chi connectivity index (χ0) is 13.9. The average Bonchev–Trinajstić information content (AvgIpc) is 2.30. The van der Waals surface area contributed by atoms with Crippen LogP contribution in [0.5, 0.6) is 0 Å². The molecule has 5 fully saturated rings. The minimum absolute atomic E-state index is 0.0942. The van der Waals surface area contributed by atoms with Crippen LogP contribution in [0.1, 0.15) is 51.4 Å². The van der Waals surface area contributed by atoms with Crippen LogP contribution in [0.4, 0.5) is 0 Å². The minimum Gasteiger partial charge on any atom is -0.481 e. The first-order valence-corrected chi connectivity index (χ1v) is 8.08. The summed E-state index contributed by atoms with van der Waals surface area (Å²) in [4.78, 5) is 23.5. The van der Waals surface area contributed by atoms with Gasteiger partial charge in [0.05, 0.1) is 5.92 Å². The average molecular weight is 277 g/mol. The highest BCUT2D eigenvalue weighted by Gasteiger charge is 2.55. The maximum atomic E-state index is 12.7. The molecule has 0 unspecified atom stereocenters. The molecule has 5 aliphatic carbocycles. The number of amides is 1. The molecular weight excluding hydrogens is 254 g/mol. The molecule has 1 amide bonds. The minimum atomic E-state index is -0.717. The Balaban J connectivity index is 1.40. The first-order valence-electron chi connectivity index (χ1n) is 8.08. The number of hydrogen-bond acceptors (Lipinski definition) is 2. The van der Waals surface area contributed by atoms with E-state index < -0.39 is 5.97 Å². The van der Waals surface area contributed by atoms with Gasteiger partial charge in [-0.2, -0.15) is 0 Å². The fraction of sp³-hybridized carbons (Fsp3) is 0.875. The Bertz CT molecular complexity index is 417. The zero-order valence-corrected chi connectivity index (χ0v) is 11.8. The van der Waals surface area contributed by atoms with E-state index in [1.807, 2.05) is 0 Å². The molecule has 4 nitrogen and oxygen atoms in total. The molecule has 0 heterocycles. The van der Waals surface area contributed by atoms with E-state index >= 15 is 0 Å². The maximum Gasteiger partial charge on any atom is 0.306 e. The lowest BCUT2D eigenvalue weighted by Gasteiger charge is -2.56. The first kappa shape index (κ1) is 12.7. The Labute approximate surface area is 119 Å². The number of hydrogen-bond donors (Lipinski definition) is 2. The molecule has 5 rings (SSSR count). The molecule has 5 saturated carbocycles. The molecule has 110 valence electrons. The summed E-state index contributed by atoms with van der Waals surface area (Å²) in [5, 5.41) is 12.1. The predicted molar refractivity (Wildman–Crippen MR) is 72.9 cm³/mol. The van der Waals surface area contributed by atoms with E-state index in [2.05, 4.69) is 5.32 Å². The smallest absolute Gasteiger partial charge is 0.306 e. The van der Waals surface area contributed by atoms with Crippen molar-refractivity contribution in [3.63, 3.8) is 0 Å². The third kappa shape index (κ3) is 1.87. The van der Waals surface area contributed by atoms with Crippen molar-refractivity contribution in [3.8, 4) is 0 Å². The van der Waals surface area contributed by atoms with E-state index in [0.717, 1.165) is 37.0 Å². The molecule has 2 N–H and O–H groups in total. The maximum absolute atomic E-state index is 12.7. The Morgan fingerprint density at radius 3 is 1.85 bits per heavy atom. The van der Waals surface area contributed by atoms with Gasteiger partial charge in [-0.3, -0.25) is 9.59 Å². The zero-order valence-electron chi connectivity index (χ0n) is 11.8. The van der Waals surface area contributed by atoms with Crippen LogP contribution in [0.3, 0.4) is 0 Å². The van der Waals surface area contributed by atoms with Gasteiger partial charge in [0.25, 0.3) is 0 Å². The molecule has 0 aliphatic heterocycles. The van der Waals surface area contributed by atoms with Crippen LogP contribution in [0, 0.1) is 29.1 Å². The highest BCUT2D eigenvalue weighted by atomic mass is 16.4. The molecule has 20 heavy (non-hydrogen) atoms. The Hall–Kier alpha value is -1.06. The number of nitrogens with one attached hydrogen (secondary N) is 1. The fourth-order valence-corrected chi connectivity index (χ4v) is 5.66. The van der Waals surface area contributed by atoms with Gasteiger partial charge in [0.1, 0.15) is 0 Å². The summed E-state index contributed by atoms with van der Waals surface area (Å²) in [7, 11) is 0. The Kier molecular flexibility index (Phi) is 2.67. The highest BCUT2D eigenvalue weighted by Crippen LogP contribution is 2.60. The molecule has 0 spiro atoms. The van der Waals surface area contributed by atoms with Gasteiger partial charge in [0.15, 0.2) is 0 Å². The molecule has 0 saturated heterocycles. The number of carboxylic acid groups (broad SMARTS) is 1. The van der Waals surface area contributed by atoms with Gasteiger partial charge in [0, 0.05) is 11.5 Å². The topological polar surface area (TPSA) is 66.4 Å². The summed E-state index contributed by atoms with van der Waals surface area (Å²) in [5.74, 6) is 1.62. The van der Waals surface area contributed by atoms with Crippen molar-refractivity contribution in [2.45, 2.75) is 57.4 Å². The Morgan fingerprint density at radius 2 is 1.40 bits per heavy atom. The molecule has 0 aromatic rings. The summed E-state index contributed by atoms with van der Waals surface area (Å²) in [6.45, 7) is 0. The van der Waals surface area contributed by atoms with Gasteiger partial charge in [-0.1, -0.05) is 0 Å². The van der Waals surface area contributed by atoms with Crippen LogP contribution in [0.2, 0.25) is 0 Å². The van der Waals surface area contributed by atoms with Crippen LogP contribution in [0.15, 0.2) is 0 Å². The number of carboxylic acids is 1. The number of carbonyl (C=O) groups excluding carboxylic acids is 1. The number of carbonyl (C=O) groups is 2. The van der Waals surface area contributed by atoms with Crippen molar-refractivity contribution in [3.05, 3.63) is 0 Å². The standard InChI is InChI=1S/C16H23NO3/c18-14(19)12-4-13(5-12)17-15(20)16-6-9-1-10(7-16)3-11(2-9)8-16/h9-13H,1-8H2,(H,17,20)(H,18,19). The van der Waals surface area contributed by atoms with Gasteiger partial charge in [-0.25, -0.2) is 0 Å². The van der Waals surface area contributed by atoms with Crippen molar-refractivity contribution in [1.82, 2.24) is 5.32 Å². The van der Waals surface area contributed by atoms with Crippen molar-refractivity contribution >= 4 is 11.9 Å². The quantitative estimate of drug-likeness (QED) is 0.831. The lowest BCUT2D eigenvalue weighted by molar-refractivity contribution is -0.151. The molecule has 0 radical (unpaired) electrons. The second-order valence-electron chi connectivity index (χ2n) is 7.87. The highest BCUT2D eigenvalue weighted by molar-refractivity contribution is 5.84. The summed E-state index contributed by atoms with van der Waals surface area (Å²) >= 11 is 0. The summed E-state index contributed by atoms with van der Waals surface area (Å²) in [6, 6.07) is 0.108. The van der Waals surface area contributed by atoms with Crippen LogP contribution in [-0.4, -0.2) is 23.0 Å². The molecule has 4 bridgehead atoms. The predicted octanol–water partition coefficient (Wildman–Crippen LogP) is 2.18. The summed E-state index contributed by atoms with van der Waals surface area (Å²) < 4.78 is 0. The number of aliphatic carboxylic acids is 1. The van der Waals surface area contributed by atoms with Crippen molar-refractivity contribution < 1.29 is 14.7 Å². The second kappa shape index (κ2) is 4.22. The third-order valence-corrected chi connectivity index (χ3v) is 6.34. The molecule has 0 aromatic carbocycles. The van der Waals surface area contributed by atoms with Crippen LogP contribution >= 0.6 is 0 Å². The van der Waals surface area contributed by atoms with Crippen LogP contribution in [0.25, 0.3) is 0 Å². The molecule has 0 atom stereocenters. The van der Waals surface area contributed by atoms with Gasteiger partial charge >= 0.3 is 5.97 Å². The van der Waals surface area contributed by atoms with E-state index in [1.165, 1.54) is 19.3 Å².